The van der Waals surface area contributed by atoms with Gasteiger partial charge in [0.05, 0.1) is 0 Å². The maximum absolute atomic E-state index is 5.44. The molecule has 2 aliphatic rings. The van der Waals surface area contributed by atoms with Gasteiger partial charge in [0, 0.05) is 24.5 Å². The van der Waals surface area contributed by atoms with Gasteiger partial charge in [0.25, 0.3) is 0 Å². The van der Waals surface area contributed by atoms with Gasteiger partial charge in [0.2, 0.25) is 0 Å². The molecule has 16 heavy (non-hydrogen) atoms. The van der Waals surface area contributed by atoms with E-state index in [1.807, 2.05) is 0 Å². The van der Waals surface area contributed by atoms with Crippen LogP contribution in [0.15, 0.2) is 0 Å². The Balaban J connectivity index is 1.80. The third-order valence-electron chi connectivity index (χ3n) is 3.81. The van der Waals surface area contributed by atoms with E-state index in [-0.39, 0.29) is 0 Å². The van der Waals surface area contributed by atoms with Gasteiger partial charge >= 0.3 is 0 Å². The summed E-state index contributed by atoms with van der Waals surface area (Å²) in [6.07, 6.45) is 6.77. The third kappa shape index (κ3) is 3.64. The zero-order valence-corrected chi connectivity index (χ0v) is 11.2. The van der Waals surface area contributed by atoms with Crippen LogP contribution in [0.25, 0.3) is 0 Å². The Morgan fingerprint density at radius 1 is 1.31 bits per heavy atom. The maximum Gasteiger partial charge on any atom is 0.0468 e. The standard InChI is InChI=1S/C13H25NOS/c1-2-14-12(13-4-3-9-16-13)10-11-5-7-15-8-6-11/h11-14H,2-10H2,1H3. The Kier molecular flexibility index (Phi) is 5.46. The quantitative estimate of drug-likeness (QED) is 0.802. The molecule has 2 unspecified atom stereocenters. The fourth-order valence-corrected chi connectivity index (χ4v) is 4.30. The van der Waals surface area contributed by atoms with Crippen LogP contribution in [0.2, 0.25) is 0 Å². The predicted octanol–water partition coefficient (Wildman–Crippen LogP) is 2.68. The molecule has 0 saturated carbocycles. The second kappa shape index (κ2) is 6.87. The Morgan fingerprint density at radius 3 is 2.75 bits per heavy atom. The number of thioether (sulfide) groups is 1. The fourth-order valence-electron chi connectivity index (χ4n) is 2.89. The zero-order chi connectivity index (χ0) is 11.2. The molecule has 0 aromatic heterocycles. The lowest BCUT2D eigenvalue weighted by Gasteiger charge is -2.30. The second-order valence-electron chi connectivity index (χ2n) is 5.01. The first-order chi connectivity index (χ1) is 7.90. The van der Waals surface area contributed by atoms with E-state index >= 15 is 0 Å². The highest BCUT2D eigenvalue weighted by Crippen LogP contribution is 2.32. The molecule has 94 valence electrons. The van der Waals surface area contributed by atoms with Gasteiger partial charge in [-0.05, 0) is 50.3 Å². The van der Waals surface area contributed by atoms with Crippen LogP contribution >= 0.6 is 11.8 Å². The third-order valence-corrected chi connectivity index (χ3v) is 5.32. The highest BCUT2D eigenvalue weighted by molar-refractivity contribution is 8.00. The molecule has 0 aliphatic carbocycles. The topological polar surface area (TPSA) is 21.3 Å². The normalized spacial score (nSPS) is 29.4. The lowest BCUT2D eigenvalue weighted by molar-refractivity contribution is 0.0605. The van der Waals surface area contributed by atoms with Crippen molar-refractivity contribution in [3.05, 3.63) is 0 Å². The van der Waals surface area contributed by atoms with Gasteiger partial charge < -0.3 is 10.1 Å². The van der Waals surface area contributed by atoms with Crippen LogP contribution in [0.3, 0.4) is 0 Å². The molecule has 0 aromatic carbocycles. The molecular weight excluding hydrogens is 218 g/mol. The van der Waals surface area contributed by atoms with Crippen molar-refractivity contribution in [1.29, 1.82) is 0 Å². The van der Waals surface area contributed by atoms with Crippen molar-refractivity contribution >= 4 is 11.8 Å². The molecule has 2 saturated heterocycles. The van der Waals surface area contributed by atoms with E-state index in [1.165, 1.54) is 37.9 Å². The number of rotatable bonds is 5. The van der Waals surface area contributed by atoms with Crippen LogP contribution < -0.4 is 5.32 Å². The van der Waals surface area contributed by atoms with Crippen LogP contribution in [0.1, 0.15) is 39.0 Å². The van der Waals surface area contributed by atoms with Crippen LogP contribution in [0.5, 0.6) is 0 Å². The molecule has 1 N–H and O–H groups in total. The lowest BCUT2D eigenvalue weighted by atomic mass is 9.90. The molecule has 0 amide bonds. The summed E-state index contributed by atoms with van der Waals surface area (Å²) in [5.74, 6) is 2.28. The van der Waals surface area contributed by atoms with E-state index < -0.39 is 0 Å². The van der Waals surface area contributed by atoms with Crippen molar-refractivity contribution in [3.8, 4) is 0 Å². The summed E-state index contributed by atoms with van der Waals surface area (Å²) in [7, 11) is 0. The first-order valence-corrected chi connectivity index (χ1v) is 7.87. The monoisotopic (exact) mass is 243 g/mol. The minimum Gasteiger partial charge on any atom is -0.381 e. The Bertz CT molecular complexity index is 188. The highest BCUT2D eigenvalue weighted by atomic mass is 32.2. The van der Waals surface area contributed by atoms with Crippen LogP contribution in [-0.4, -0.2) is 36.8 Å². The Labute approximate surface area is 104 Å². The highest BCUT2D eigenvalue weighted by Gasteiger charge is 2.27. The summed E-state index contributed by atoms with van der Waals surface area (Å²) in [5.41, 5.74) is 0. The molecule has 2 rings (SSSR count). The van der Waals surface area contributed by atoms with E-state index in [0.29, 0.717) is 0 Å². The number of hydrogen-bond acceptors (Lipinski definition) is 3. The van der Waals surface area contributed by atoms with Gasteiger partial charge in [0.15, 0.2) is 0 Å². The number of ether oxygens (including phenoxy) is 1. The van der Waals surface area contributed by atoms with Gasteiger partial charge in [-0.25, -0.2) is 0 Å². The fraction of sp³-hybridized carbons (Fsp3) is 1.00. The SMILES string of the molecule is CCNC(CC1CCOCC1)C1CCCS1. The van der Waals surface area contributed by atoms with Crippen molar-refractivity contribution in [2.24, 2.45) is 5.92 Å². The molecule has 3 heteroatoms. The minimum absolute atomic E-state index is 0.751. The van der Waals surface area contributed by atoms with Gasteiger partial charge in [-0.1, -0.05) is 6.92 Å². The van der Waals surface area contributed by atoms with Gasteiger partial charge in [-0.15, -0.1) is 0 Å². The van der Waals surface area contributed by atoms with Gasteiger partial charge in [-0.3, -0.25) is 0 Å². The molecular formula is C13H25NOS. The van der Waals surface area contributed by atoms with Crippen LogP contribution in [0.4, 0.5) is 0 Å². The largest absolute Gasteiger partial charge is 0.381 e. The molecule has 0 radical (unpaired) electrons. The second-order valence-corrected chi connectivity index (χ2v) is 6.35. The summed E-state index contributed by atoms with van der Waals surface area (Å²) in [6.45, 7) is 5.32. The van der Waals surface area contributed by atoms with Crippen molar-refractivity contribution < 1.29 is 4.74 Å². The maximum atomic E-state index is 5.44. The smallest absolute Gasteiger partial charge is 0.0468 e. The summed E-state index contributed by atoms with van der Waals surface area (Å²) in [6, 6.07) is 0.751. The molecule has 2 nitrogen and oxygen atoms in total. The summed E-state index contributed by atoms with van der Waals surface area (Å²) in [5, 5.41) is 4.59. The molecule has 0 spiro atoms. The van der Waals surface area contributed by atoms with Crippen molar-refractivity contribution in [2.45, 2.75) is 50.3 Å². The minimum atomic E-state index is 0.751. The zero-order valence-electron chi connectivity index (χ0n) is 10.4. The van der Waals surface area contributed by atoms with Crippen LogP contribution in [0, 0.1) is 5.92 Å². The van der Waals surface area contributed by atoms with Crippen LogP contribution in [-0.2, 0) is 4.74 Å². The van der Waals surface area contributed by atoms with E-state index in [0.717, 1.165) is 37.0 Å². The molecule has 2 fully saturated rings. The molecule has 0 aromatic rings. The number of nitrogens with one attached hydrogen (secondary N) is 1. The predicted molar refractivity (Wildman–Crippen MR) is 71.1 cm³/mol. The number of hydrogen-bond donors (Lipinski definition) is 1. The van der Waals surface area contributed by atoms with Crippen molar-refractivity contribution in [2.75, 3.05) is 25.5 Å². The molecule has 2 heterocycles. The van der Waals surface area contributed by atoms with E-state index in [4.69, 9.17) is 4.74 Å². The first kappa shape index (κ1) is 12.7. The molecule has 0 bridgehead atoms. The van der Waals surface area contributed by atoms with Gasteiger partial charge in [0.1, 0.15) is 0 Å². The van der Waals surface area contributed by atoms with E-state index in [1.54, 1.807) is 0 Å². The molecule has 2 atom stereocenters. The Morgan fingerprint density at radius 2 is 2.12 bits per heavy atom. The first-order valence-electron chi connectivity index (χ1n) is 6.83. The van der Waals surface area contributed by atoms with E-state index in [9.17, 15) is 0 Å². The van der Waals surface area contributed by atoms with Crippen molar-refractivity contribution in [3.63, 3.8) is 0 Å². The molecule has 2 aliphatic heterocycles. The average molecular weight is 243 g/mol. The average Bonchev–Trinajstić information content (AvgIpc) is 2.83. The lowest BCUT2D eigenvalue weighted by Crippen LogP contribution is -2.39. The summed E-state index contributed by atoms with van der Waals surface area (Å²) < 4.78 is 5.44. The van der Waals surface area contributed by atoms with E-state index in [2.05, 4.69) is 24.0 Å². The Hall–Kier alpha value is 0.270. The summed E-state index contributed by atoms with van der Waals surface area (Å²) in [4.78, 5) is 0. The summed E-state index contributed by atoms with van der Waals surface area (Å²) >= 11 is 2.19. The van der Waals surface area contributed by atoms with Crippen molar-refractivity contribution in [1.82, 2.24) is 5.32 Å². The van der Waals surface area contributed by atoms with Gasteiger partial charge in [-0.2, -0.15) is 11.8 Å².